The number of thiophene rings is 1. The molecule has 0 spiro atoms. The van der Waals surface area contributed by atoms with E-state index in [2.05, 4.69) is 4.98 Å². The molecule has 2 rings (SSSR count). The number of pyridine rings is 1. The van der Waals surface area contributed by atoms with E-state index >= 15 is 0 Å². The molecule has 98 valence electrons. The highest BCUT2D eigenvalue weighted by atomic mass is 35.5. The van der Waals surface area contributed by atoms with Crippen LogP contribution in [-0.4, -0.2) is 16.0 Å². The molecule has 4 nitrogen and oxygen atoms in total. The van der Waals surface area contributed by atoms with Crippen molar-refractivity contribution in [1.82, 2.24) is 4.98 Å². The van der Waals surface area contributed by atoms with Gasteiger partial charge in [-0.3, -0.25) is 9.59 Å². The number of hydrogen-bond donors (Lipinski definition) is 1. The van der Waals surface area contributed by atoms with Crippen molar-refractivity contribution in [3.8, 4) is 0 Å². The van der Waals surface area contributed by atoms with Crippen molar-refractivity contribution >= 4 is 39.8 Å². The molecular weight excluding hydrogens is 284 g/mol. The summed E-state index contributed by atoms with van der Waals surface area (Å²) in [6.07, 6.45) is 1.40. The van der Waals surface area contributed by atoms with Gasteiger partial charge in [-0.25, -0.2) is 4.98 Å². The van der Waals surface area contributed by atoms with Crippen LogP contribution in [0.1, 0.15) is 39.1 Å². The first-order valence-corrected chi connectivity index (χ1v) is 6.85. The molecule has 1 atom stereocenters. The standard InChI is InChI=1S/C13H11ClN2O2S/c1-7(8-3-5-19-6-8)11(17)9-2-4-16-13(15)10(9)12(14)18/h2-7H,1H3,(H2,15,16). The van der Waals surface area contributed by atoms with E-state index in [1.165, 1.54) is 23.6 Å². The van der Waals surface area contributed by atoms with E-state index in [1.54, 1.807) is 6.92 Å². The van der Waals surface area contributed by atoms with Gasteiger partial charge in [0.15, 0.2) is 5.78 Å². The van der Waals surface area contributed by atoms with Gasteiger partial charge in [0.05, 0.1) is 5.56 Å². The van der Waals surface area contributed by atoms with Crippen molar-refractivity contribution in [2.24, 2.45) is 0 Å². The lowest BCUT2D eigenvalue weighted by molar-refractivity contribution is 0.0958. The summed E-state index contributed by atoms with van der Waals surface area (Å²) in [5.74, 6) is -0.581. The molecule has 0 aromatic carbocycles. The number of carbonyl (C=O) groups excluding carboxylic acids is 2. The Balaban J connectivity index is 2.45. The summed E-state index contributed by atoms with van der Waals surface area (Å²) in [5, 5.41) is 3.02. The number of rotatable bonds is 4. The Morgan fingerprint density at radius 1 is 1.42 bits per heavy atom. The van der Waals surface area contributed by atoms with E-state index in [0.29, 0.717) is 0 Å². The highest BCUT2D eigenvalue weighted by Gasteiger charge is 2.24. The lowest BCUT2D eigenvalue weighted by atomic mass is 9.92. The summed E-state index contributed by atoms with van der Waals surface area (Å²) in [6.45, 7) is 1.78. The smallest absolute Gasteiger partial charge is 0.256 e. The molecular formula is C13H11ClN2O2S. The van der Waals surface area contributed by atoms with Gasteiger partial charge in [0.1, 0.15) is 5.82 Å². The average Bonchev–Trinajstić information content (AvgIpc) is 2.90. The maximum atomic E-state index is 12.4. The first-order valence-electron chi connectivity index (χ1n) is 5.53. The Bertz CT molecular complexity index is 626. The Hall–Kier alpha value is -1.72. The molecule has 0 amide bonds. The summed E-state index contributed by atoms with van der Waals surface area (Å²) < 4.78 is 0. The maximum Gasteiger partial charge on any atom is 0.256 e. The lowest BCUT2D eigenvalue weighted by Gasteiger charge is -2.12. The molecule has 2 N–H and O–H groups in total. The molecule has 0 aliphatic rings. The molecule has 2 heterocycles. The zero-order chi connectivity index (χ0) is 14.0. The quantitative estimate of drug-likeness (QED) is 0.694. The fourth-order valence-corrected chi connectivity index (χ4v) is 2.75. The summed E-state index contributed by atoms with van der Waals surface area (Å²) in [6, 6.07) is 3.34. The third kappa shape index (κ3) is 2.67. The third-order valence-electron chi connectivity index (χ3n) is 2.88. The summed E-state index contributed by atoms with van der Waals surface area (Å²) >= 11 is 6.99. The normalized spacial score (nSPS) is 12.1. The van der Waals surface area contributed by atoms with Crippen LogP contribution >= 0.6 is 22.9 Å². The van der Waals surface area contributed by atoms with Crippen molar-refractivity contribution in [3.63, 3.8) is 0 Å². The Labute approximate surface area is 119 Å². The molecule has 0 fully saturated rings. The number of Topliss-reactive ketones (excluding diaryl/α,β-unsaturated/α-hetero) is 1. The van der Waals surface area contributed by atoms with Gasteiger partial charge in [-0.1, -0.05) is 6.92 Å². The van der Waals surface area contributed by atoms with Crippen molar-refractivity contribution < 1.29 is 9.59 Å². The van der Waals surface area contributed by atoms with Crippen LogP contribution in [0.25, 0.3) is 0 Å². The molecule has 1 unspecified atom stereocenters. The SMILES string of the molecule is CC(C(=O)c1ccnc(N)c1C(=O)Cl)c1ccsc1. The molecule has 0 saturated carbocycles. The van der Waals surface area contributed by atoms with Crippen LogP contribution in [0.15, 0.2) is 29.1 Å². The van der Waals surface area contributed by atoms with Crippen LogP contribution < -0.4 is 5.73 Å². The van der Waals surface area contributed by atoms with Crippen molar-refractivity contribution in [2.45, 2.75) is 12.8 Å². The predicted octanol–water partition coefficient (Wildman–Crippen LogP) is 3.09. The van der Waals surface area contributed by atoms with Crippen LogP contribution in [0.4, 0.5) is 5.82 Å². The molecule has 6 heteroatoms. The van der Waals surface area contributed by atoms with Crippen molar-refractivity contribution in [3.05, 3.63) is 45.8 Å². The average molecular weight is 295 g/mol. The molecule has 0 aliphatic carbocycles. The fourth-order valence-electron chi connectivity index (χ4n) is 1.80. The number of ketones is 1. The topological polar surface area (TPSA) is 73.1 Å². The number of aromatic nitrogens is 1. The second-order valence-corrected chi connectivity index (χ2v) is 5.16. The van der Waals surface area contributed by atoms with Gasteiger partial charge in [-0.05, 0) is 40.1 Å². The highest BCUT2D eigenvalue weighted by molar-refractivity contribution is 7.08. The number of nitrogen functional groups attached to an aromatic ring is 1. The summed E-state index contributed by atoms with van der Waals surface area (Å²) in [7, 11) is 0. The molecule has 2 aromatic rings. The molecule has 0 bridgehead atoms. The molecule has 0 saturated heterocycles. The van der Waals surface area contributed by atoms with Gasteiger partial charge in [0, 0.05) is 17.7 Å². The molecule has 19 heavy (non-hydrogen) atoms. The Kier molecular flexibility index (Phi) is 3.97. The van der Waals surface area contributed by atoms with Crippen LogP contribution in [0.2, 0.25) is 0 Å². The predicted molar refractivity (Wildman–Crippen MR) is 75.9 cm³/mol. The van der Waals surface area contributed by atoms with Crippen molar-refractivity contribution in [1.29, 1.82) is 0 Å². The fraction of sp³-hybridized carbons (Fsp3) is 0.154. The monoisotopic (exact) mass is 294 g/mol. The zero-order valence-corrected chi connectivity index (χ0v) is 11.7. The second-order valence-electron chi connectivity index (χ2n) is 4.04. The number of halogens is 1. The minimum absolute atomic E-state index is 0.0174. The van der Waals surface area contributed by atoms with Crippen molar-refractivity contribution in [2.75, 3.05) is 5.73 Å². The maximum absolute atomic E-state index is 12.4. The number of anilines is 1. The van der Waals surface area contributed by atoms with Crippen LogP contribution in [0.5, 0.6) is 0 Å². The molecule has 0 radical (unpaired) electrons. The van der Waals surface area contributed by atoms with Gasteiger partial charge >= 0.3 is 0 Å². The largest absolute Gasteiger partial charge is 0.383 e. The first kappa shape index (κ1) is 13.7. The van der Waals surface area contributed by atoms with E-state index in [9.17, 15) is 9.59 Å². The van der Waals surface area contributed by atoms with Crippen LogP contribution in [0, 0.1) is 0 Å². The number of hydrogen-bond acceptors (Lipinski definition) is 5. The van der Waals surface area contributed by atoms with E-state index in [4.69, 9.17) is 17.3 Å². The summed E-state index contributed by atoms with van der Waals surface area (Å²) in [5.41, 5.74) is 6.71. The molecule has 2 aromatic heterocycles. The highest BCUT2D eigenvalue weighted by Crippen LogP contribution is 2.26. The summed E-state index contributed by atoms with van der Waals surface area (Å²) in [4.78, 5) is 27.6. The number of carbonyl (C=O) groups is 2. The number of nitrogens with two attached hydrogens (primary N) is 1. The molecule has 0 aliphatic heterocycles. The van der Waals surface area contributed by atoms with Crippen LogP contribution in [-0.2, 0) is 0 Å². The van der Waals surface area contributed by atoms with E-state index < -0.39 is 5.24 Å². The van der Waals surface area contributed by atoms with Gasteiger partial charge in [0.25, 0.3) is 5.24 Å². The second kappa shape index (κ2) is 5.50. The van der Waals surface area contributed by atoms with Gasteiger partial charge in [-0.15, -0.1) is 0 Å². The minimum Gasteiger partial charge on any atom is -0.383 e. The first-order chi connectivity index (χ1) is 9.02. The zero-order valence-electron chi connectivity index (χ0n) is 10.1. The van der Waals surface area contributed by atoms with E-state index in [1.807, 2.05) is 16.8 Å². The van der Waals surface area contributed by atoms with Gasteiger partial charge < -0.3 is 5.73 Å². The lowest BCUT2D eigenvalue weighted by Crippen LogP contribution is -2.15. The Morgan fingerprint density at radius 3 is 2.74 bits per heavy atom. The minimum atomic E-state index is -0.772. The number of nitrogens with zero attached hydrogens (tertiary/aromatic N) is 1. The van der Waals surface area contributed by atoms with Gasteiger partial charge in [0.2, 0.25) is 0 Å². The van der Waals surface area contributed by atoms with Crippen LogP contribution in [0.3, 0.4) is 0 Å². The Morgan fingerprint density at radius 2 is 2.16 bits per heavy atom. The third-order valence-corrected chi connectivity index (χ3v) is 3.77. The van der Waals surface area contributed by atoms with E-state index in [-0.39, 0.29) is 28.6 Å². The van der Waals surface area contributed by atoms with E-state index in [0.717, 1.165) is 5.56 Å². The van der Waals surface area contributed by atoms with Gasteiger partial charge in [-0.2, -0.15) is 11.3 Å².